The van der Waals surface area contributed by atoms with Crippen molar-refractivity contribution < 1.29 is 9.59 Å². The normalized spacial score (nSPS) is 19.1. The van der Waals surface area contributed by atoms with E-state index in [1.807, 2.05) is 0 Å². The van der Waals surface area contributed by atoms with Crippen molar-refractivity contribution in [1.29, 1.82) is 0 Å². The first-order chi connectivity index (χ1) is 9.31. The molecule has 20 heavy (non-hydrogen) atoms. The zero-order valence-electron chi connectivity index (χ0n) is 13.4. The molecule has 0 N–H and O–H groups in total. The molecule has 2 nitrogen and oxygen atoms in total. The topological polar surface area (TPSA) is 34.1 Å². The lowest BCUT2D eigenvalue weighted by Crippen LogP contribution is -2.31. The fourth-order valence-corrected chi connectivity index (χ4v) is 2.89. The molecule has 0 heterocycles. The van der Waals surface area contributed by atoms with Crippen molar-refractivity contribution in [3.8, 4) is 0 Å². The first-order valence-electron chi connectivity index (χ1n) is 7.63. The summed E-state index contributed by atoms with van der Waals surface area (Å²) in [7, 11) is 0. The van der Waals surface area contributed by atoms with Gasteiger partial charge in [-0.1, -0.05) is 30.2 Å². The molecular weight excluding hydrogens is 248 g/mol. The van der Waals surface area contributed by atoms with E-state index in [2.05, 4.69) is 39.8 Å². The Bertz CT molecular complexity index is 407. The van der Waals surface area contributed by atoms with Gasteiger partial charge in [-0.25, -0.2) is 0 Å². The summed E-state index contributed by atoms with van der Waals surface area (Å²) in [6.07, 6.45) is 9.94. The van der Waals surface area contributed by atoms with Gasteiger partial charge in [0.1, 0.15) is 11.6 Å². The molecule has 0 radical (unpaired) electrons. The molecule has 0 aliphatic heterocycles. The number of allylic oxidation sites excluding steroid dienone is 4. The average Bonchev–Trinajstić information content (AvgIpc) is 2.25. The maximum atomic E-state index is 11.5. The van der Waals surface area contributed by atoms with Crippen molar-refractivity contribution in [2.45, 2.75) is 72.6 Å². The molecular formula is C18H28O2. The van der Waals surface area contributed by atoms with Crippen LogP contribution in [0.2, 0.25) is 0 Å². The maximum absolute atomic E-state index is 11.5. The lowest BCUT2D eigenvalue weighted by atomic mass is 9.71. The second-order valence-corrected chi connectivity index (χ2v) is 6.83. The van der Waals surface area contributed by atoms with Gasteiger partial charge in [0.2, 0.25) is 0 Å². The molecule has 0 unspecified atom stereocenters. The van der Waals surface area contributed by atoms with Gasteiger partial charge in [0.15, 0.2) is 0 Å². The Hall–Kier alpha value is -1.18. The van der Waals surface area contributed by atoms with Crippen LogP contribution in [0.25, 0.3) is 0 Å². The minimum absolute atomic E-state index is 0.108. The van der Waals surface area contributed by atoms with Gasteiger partial charge in [0.05, 0.1) is 6.42 Å². The first-order valence-corrected chi connectivity index (χ1v) is 7.63. The monoisotopic (exact) mass is 276 g/mol. The van der Waals surface area contributed by atoms with Crippen molar-refractivity contribution in [3.05, 3.63) is 23.3 Å². The summed E-state index contributed by atoms with van der Waals surface area (Å²) in [5.41, 5.74) is 2.66. The standard InChI is InChI=1S/C18H28O2/c1-14(2)7-5-8-15(3)9-6-10-18(4)12-16(19)11-17(20)13-18/h7,9H,5-6,8,10-13H2,1-4H3/b15-9+. The minimum Gasteiger partial charge on any atom is -0.299 e. The van der Waals surface area contributed by atoms with E-state index in [1.165, 1.54) is 11.1 Å². The van der Waals surface area contributed by atoms with E-state index in [0.717, 1.165) is 25.7 Å². The molecule has 1 saturated carbocycles. The molecule has 0 aromatic rings. The number of rotatable bonds is 6. The Balaban J connectivity index is 2.40. The van der Waals surface area contributed by atoms with E-state index >= 15 is 0 Å². The van der Waals surface area contributed by atoms with Gasteiger partial charge in [-0.15, -0.1) is 0 Å². The largest absolute Gasteiger partial charge is 0.299 e. The highest BCUT2D eigenvalue weighted by Crippen LogP contribution is 2.36. The molecule has 1 aliphatic rings. The van der Waals surface area contributed by atoms with E-state index in [-0.39, 0.29) is 23.4 Å². The Labute approximate surface area is 123 Å². The molecule has 0 atom stereocenters. The molecule has 0 aromatic heterocycles. The third kappa shape index (κ3) is 6.31. The zero-order chi connectivity index (χ0) is 15.2. The molecule has 0 saturated heterocycles. The Morgan fingerprint density at radius 2 is 1.65 bits per heavy atom. The molecule has 1 fully saturated rings. The van der Waals surface area contributed by atoms with E-state index in [1.54, 1.807) is 0 Å². The van der Waals surface area contributed by atoms with E-state index < -0.39 is 0 Å². The summed E-state index contributed by atoms with van der Waals surface area (Å²) in [6, 6.07) is 0. The number of ketones is 2. The third-order valence-electron chi connectivity index (χ3n) is 3.97. The number of carbonyl (C=O) groups is 2. The Morgan fingerprint density at radius 1 is 1.05 bits per heavy atom. The fourth-order valence-electron chi connectivity index (χ4n) is 2.89. The summed E-state index contributed by atoms with van der Waals surface area (Å²) in [4.78, 5) is 23.1. The summed E-state index contributed by atoms with van der Waals surface area (Å²) in [6.45, 7) is 8.49. The lowest BCUT2D eigenvalue weighted by molar-refractivity contribution is -0.133. The molecule has 1 aliphatic carbocycles. The van der Waals surface area contributed by atoms with Crippen molar-refractivity contribution in [2.24, 2.45) is 5.41 Å². The maximum Gasteiger partial charge on any atom is 0.140 e. The molecule has 112 valence electrons. The highest BCUT2D eigenvalue weighted by molar-refractivity contribution is 6.02. The van der Waals surface area contributed by atoms with Gasteiger partial charge in [0, 0.05) is 12.8 Å². The fraction of sp³-hybridized carbons (Fsp3) is 0.667. The van der Waals surface area contributed by atoms with Crippen LogP contribution in [-0.4, -0.2) is 11.6 Å². The molecule has 0 amide bonds. The van der Waals surface area contributed by atoms with Gasteiger partial charge in [-0.05, 0) is 51.9 Å². The van der Waals surface area contributed by atoms with Crippen LogP contribution in [0.3, 0.4) is 0 Å². The lowest BCUT2D eigenvalue weighted by Gasteiger charge is -2.31. The number of carbonyl (C=O) groups excluding carboxylic acids is 2. The average molecular weight is 276 g/mol. The van der Waals surface area contributed by atoms with Crippen LogP contribution < -0.4 is 0 Å². The molecule has 2 heteroatoms. The Morgan fingerprint density at radius 3 is 2.20 bits per heavy atom. The molecule has 0 aromatic carbocycles. The zero-order valence-corrected chi connectivity index (χ0v) is 13.4. The number of Topliss-reactive ketones (excluding diaryl/α,β-unsaturated/α-hetero) is 2. The van der Waals surface area contributed by atoms with E-state index in [9.17, 15) is 9.59 Å². The van der Waals surface area contributed by atoms with Crippen LogP contribution in [0, 0.1) is 5.41 Å². The molecule has 0 spiro atoms. The van der Waals surface area contributed by atoms with Gasteiger partial charge >= 0.3 is 0 Å². The van der Waals surface area contributed by atoms with Crippen molar-refractivity contribution in [3.63, 3.8) is 0 Å². The molecule has 1 rings (SSSR count). The summed E-state index contributed by atoms with van der Waals surface area (Å²) < 4.78 is 0. The van der Waals surface area contributed by atoms with Gasteiger partial charge < -0.3 is 0 Å². The predicted molar refractivity (Wildman–Crippen MR) is 83.6 cm³/mol. The van der Waals surface area contributed by atoms with Crippen LogP contribution in [0.1, 0.15) is 72.6 Å². The second kappa shape index (κ2) is 7.56. The van der Waals surface area contributed by atoms with Crippen LogP contribution in [0.4, 0.5) is 0 Å². The number of hydrogen-bond acceptors (Lipinski definition) is 2. The first kappa shape index (κ1) is 16.9. The highest BCUT2D eigenvalue weighted by Gasteiger charge is 2.34. The highest BCUT2D eigenvalue weighted by atomic mass is 16.1. The Kier molecular flexibility index (Phi) is 6.38. The molecule has 0 bridgehead atoms. The summed E-state index contributed by atoms with van der Waals surface area (Å²) in [5, 5.41) is 0. The summed E-state index contributed by atoms with van der Waals surface area (Å²) >= 11 is 0. The van der Waals surface area contributed by atoms with Gasteiger partial charge in [-0.3, -0.25) is 9.59 Å². The SMILES string of the molecule is CC(C)=CCC/C(C)=C/CCC1(C)CC(=O)CC(=O)C1. The van der Waals surface area contributed by atoms with Crippen molar-refractivity contribution in [2.75, 3.05) is 0 Å². The van der Waals surface area contributed by atoms with Gasteiger partial charge in [0.25, 0.3) is 0 Å². The van der Waals surface area contributed by atoms with Gasteiger partial charge in [-0.2, -0.15) is 0 Å². The summed E-state index contributed by atoms with van der Waals surface area (Å²) in [5.74, 6) is 0.237. The van der Waals surface area contributed by atoms with E-state index in [4.69, 9.17) is 0 Å². The van der Waals surface area contributed by atoms with Crippen LogP contribution in [0.15, 0.2) is 23.3 Å². The second-order valence-electron chi connectivity index (χ2n) is 6.83. The third-order valence-corrected chi connectivity index (χ3v) is 3.97. The number of hydrogen-bond donors (Lipinski definition) is 0. The van der Waals surface area contributed by atoms with Crippen LogP contribution >= 0.6 is 0 Å². The van der Waals surface area contributed by atoms with Crippen LogP contribution in [0.5, 0.6) is 0 Å². The smallest absolute Gasteiger partial charge is 0.140 e. The van der Waals surface area contributed by atoms with Crippen molar-refractivity contribution >= 4 is 11.6 Å². The van der Waals surface area contributed by atoms with Crippen molar-refractivity contribution in [1.82, 2.24) is 0 Å². The predicted octanol–water partition coefficient (Wildman–Crippen LogP) is 4.79. The van der Waals surface area contributed by atoms with Crippen LogP contribution in [-0.2, 0) is 9.59 Å². The quantitative estimate of drug-likeness (QED) is 0.516. The van der Waals surface area contributed by atoms with E-state index in [0.29, 0.717) is 12.8 Å². The minimum atomic E-state index is -0.108.